The fourth-order valence-electron chi connectivity index (χ4n) is 1.80. The third-order valence-electron chi connectivity index (χ3n) is 2.90. The quantitative estimate of drug-likeness (QED) is 0.874. The minimum Gasteiger partial charge on any atom is -0.396 e. The highest BCUT2D eigenvalue weighted by Crippen LogP contribution is 2.20. The van der Waals surface area contributed by atoms with Crippen molar-refractivity contribution in [1.82, 2.24) is 20.2 Å². The number of tetrazole rings is 1. The first-order valence-electron chi connectivity index (χ1n) is 6.19. The highest BCUT2D eigenvalue weighted by Gasteiger charge is 2.08. The first-order valence-corrected chi connectivity index (χ1v) is 6.19. The van der Waals surface area contributed by atoms with E-state index in [-0.39, 0.29) is 6.61 Å². The summed E-state index contributed by atoms with van der Waals surface area (Å²) in [6, 6.07) is 8.28. The summed E-state index contributed by atoms with van der Waals surface area (Å²) >= 11 is 0. The topological polar surface area (TPSA) is 63.8 Å². The summed E-state index contributed by atoms with van der Waals surface area (Å²) in [5.41, 5.74) is 2.30. The van der Waals surface area contributed by atoms with E-state index in [2.05, 4.69) is 41.5 Å². The van der Waals surface area contributed by atoms with Crippen LogP contribution in [0.3, 0.4) is 0 Å². The maximum Gasteiger partial charge on any atom is 0.182 e. The first kappa shape index (κ1) is 12.7. The maximum absolute atomic E-state index is 8.84. The van der Waals surface area contributed by atoms with Crippen LogP contribution in [-0.4, -0.2) is 31.9 Å². The van der Waals surface area contributed by atoms with Crippen molar-refractivity contribution in [2.24, 2.45) is 0 Å². The third kappa shape index (κ3) is 2.73. The number of aliphatic hydroxyl groups is 1. The van der Waals surface area contributed by atoms with Gasteiger partial charge in [0, 0.05) is 18.7 Å². The molecule has 96 valence electrons. The maximum atomic E-state index is 8.84. The molecule has 0 bridgehead atoms. The Kier molecular flexibility index (Phi) is 4.04. The number of aryl methyl sites for hydroxylation is 1. The van der Waals surface area contributed by atoms with Crippen molar-refractivity contribution in [1.29, 1.82) is 0 Å². The highest BCUT2D eigenvalue weighted by atomic mass is 16.3. The van der Waals surface area contributed by atoms with Gasteiger partial charge in [-0.25, -0.2) is 4.68 Å². The first-order chi connectivity index (χ1) is 8.72. The van der Waals surface area contributed by atoms with Crippen LogP contribution in [0.15, 0.2) is 24.3 Å². The largest absolute Gasteiger partial charge is 0.396 e. The van der Waals surface area contributed by atoms with Gasteiger partial charge in [0.1, 0.15) is 0 Å². The van der Waals surface area contributed by atoms with Crippen LogP contribution in [0.25, 0.3) is 11.4 Å². The Bertz CT molecular complexity index is 490. The summed E-state index contributed by atoms with van der Waals surface area (Å²) in [6.07, 6.45) is 0.655. The average molecular weight is 246 g/mol. The summed E-state index contributed by atoms with van der Waals surface area (Å²) in [6.45, 7) is 5.11. The van der Waals surface area contributed by atoms with Crippen LogP contribution in [0, 0.1) is 0 Å². The van der Waals surface area contributed by atoms with Crippen LogP contribution in [-0.2, 0) is 6.54 Å². The molecular formula is C13H18N4O. The second-order valence-electron chi connectivity index (χ2n) is 4.58. The van der Waals surface area contributed by atoms with E-state index in [0.717, 1.165) is 11.4 Å². The zero-order valence-corrected chi connectivity index (χ0v) is 10.7. The van der Waals surface area contributed by atoms with Crippen LogP contribution in [0.1, 0.15) is 31.7 Å². The number of nitrogens with zero attached hydrogens (tertiary/aromatic N) is 4. The summed E-state index contributed by atoms with van der Waals surface area (Å²) in [5, 5.41) is 20.5. The predicted octanol–water partition coefficient (Wildman–Crippen LogP) is 1.85. The number of rotatable bonds is 5. The van der Waals surface area contributed by atoms with Crippen molar-refractivity contribution >= 4 is 0 Å². The molecule has 0 aliphatic carbocycles. The molecule has 1 aromatic carbocycles. The van der Waals surface area contributed by atoms with Gasteiger partial charge in [-0.05, 0) is 28.3 Å². The lowest BCUT2D eigenvalue weighted by molar-refractivity contribution is 0.276. The third-order valence-corrected chi connectivity index (χ3v) is 2.90. The second kappa shape index (κ2) is 5.73. The molecule has 2 rings (SSSR count). The van der Waals surface area contributed by atoms with E-state index in [1.165, 1.54) is 5.56 Å². The zero-order chi connectivity index (χ0) is 13.0. The molecule has 1 N–H and O–H groups in total. The van der Waals surface area contributed by atoms with Crippen LogP contribution in [0.2, 0.25) is 0 Å². The number of hydrogen-bond donors (Lipinski definition) is 1. The lowest BCUT2D eigenvalue weighted by Crippen LogP contribution is -2.04. The van der Waals surface area contributed by atoms with Crippen LogP contribution < -0.4 is 0 Å². The molecule has 0 amide bonds. The average Bonchev–Trinajstić information content (AvgIpc) is 2.84. The summed E-state index contributed by atoms with van der Waals surface area (Å²) < 4.78 is 1.72. The Balaban J connectivity index is 2.23. The number of aliphatic hydroxyl groups excluding tert-OH is 1. The number of benzene rings is 1. The van der Waals surface area contributed by atoms with Gasteiger partial charge >= 0.3 is 0 Å². The highest BCUT2D eigenvalue weighted by molar-refractivity contribution is 5.55. The Labute approximate surface area is 106 Å². The predicted molar refractivity (Wildman–Crippen MR) is 69.0 cm³/mol. The van der Waals surface area contributed by atoms with Gasteiger partial charge in [0.25, 0.3) is 0 Å². The Morgan fingerprint density at radius 1 is 1.22 bits per heavy atom. The normalized spacial score (nSPS) is 11.1. The lowest BCUT2D eigenvalue weighted by Gasteiger charge is -2.07. The van der Waals surface area contributed by atoms with E-state index in [1.807, 2.05) is 12.1 Å². The molecule has 1 heterocycles. The van der Waals surface area contributed by atoms with E-state index in [0.29, 0.717) is 18.9 Å². The fraction of sp³-hybridized carbons (Fsp3) is 0.462. The lowest BCUT2D eigenvalue weighted by atomic mass is 10.0. The standard InChI is InChI=1S/C13H18N4O/c1-10(2)11-4-6-12(7-5-11)13-14-15-16-17(13)8-3-9-18/h4-7,10,18H,3,8-9H2,1-2H3. The molecule has 0 unspecified atom stereocenters. The summed E-state index contributed by atoms with van der Waals surface area (Å²) in [7, 11) is 0. The molecule has 0 atom stereocenters. The smallest absolute Gasteiger partial charge is 0.182 e. The molecule has 0 aliphatic rings. The SMILES string of the molecule is CC(C)c1ccc(-c2nnnn2CCCO)cc1. The van der Waals surface area contributed by atoms with Crippen LogP contribution in [0.5, 0.6) is 0 Å². The van der Waals surface area contributed by atoms with E-state index in [1.54, 1.807) is 4.68 Å². The van der Waals surface area contributed by atoms with Crippen molar-refractivity contribution in [2.75, 3.05) is 6.61 Å². The van der Waals surface area contributed by atoms with Crippen molar-refractivity contribution in [3.05, 3.63) is 29.8 Å². The zero-order valence-electron chi connectivity index (χ0n) is 10.7. The molecular weight excluding hydrogens is 228 g/mol. The van der Waals surface area contributed by atoms with E-state index >= 15 is 0 Å². The molecule has 1 aromatic heterocycles. The van der Waals surface area contributed by atoms with E-state index in [4.69, 9.17) is 5.11 Å². The van der Waals surface area contributed by atoms with E-state index in [9.17, 15) is 0 Å². The molecule has 5 nitrogen and oxygen atoms in total. The Morgan fingerprint density at radius 3 is 2.56 bits per heavy atom. The monoisotopic (exact) mass is 246 g/mol. The van der Waals surface area contributed by atoms with Gasteiger partial charge in [0.05, 0.1) is 0 Å². The second-order valence-corrected chi connectivity index (χ2v) is 4.58. The van der Waals surface area contributed by atoms with Crippen LogP contribution >= 0.6 is 0 Å². The molecule has 0 fully saturated rings. The Hall–Kier alpha value is -1.75. The molecule has 0 spiro atoms. The van der Waals surface area contributed by atoms with Crippen molar-refractivity contribution in [2.45, 2.75) is 32.7 Å². The van der Waals surface area contributed by atoms with Gasteiger partial charge < -0.3 is 5.11 Å². The summed E-state index contributed by atoms with van der Waals surface area (Å²) in [4.78, 5) is 0. The van der Waals surface area contributed by atoms with Gasteiger partial charge in [-0.2, -0.15) is 0 Å². The number of aromatic nitrogens is 4. The number of hydrogen-bond acceptors (Lipinski definition) is 4. The molecule has 0 saturated carbocycles. The van der Waals surface area contributed by atoms with Gasteiger partial charge in [0.15, 0.2) is 5.82 Å². The summed E-state index contributed by atoms with van der Waals surface area (Å²) in [5.74, 6) is 1.27. The van der Waals surface area contributed by atoms with Gasteiger partial charge in [-0.1, -0.05) is 38.1 Å². The van der Waals surface area contributed by atoms with Gasteiger partial charge in [-0.15, -0.1) is 5.10 Å². The van der Waals surface area contributed by atoms with Gasteiger partial charge in [0.2, 0.25) is 0 Å². The van der Waals surface area contributed by atoms with Crippen molar-refractivity contribution in [3.8, 4) is 11.4 Å². The molecule has 0 radical (unpaired) electrons. The van der Waals surface area contributed by atoms with Crippen molar-refractivity contribution < 1.29 is 5.11 Å². The molecule has 2 aromatic rings. The molecule has 0 aliphatic heterocycles. The minimum atomic E-state index is 0.144. The molecule has 18 heavy (non-hydrogen) atoms. The molecule has 5 heteroatoms. The Morgan fingerprint density at radius 2 is 1.94 bits per heavy atom. The molecule has 0 saturated heterocycles. The van der Waals surface area contributed by atoms with Crippen molar-refractivity contribution in [3.63, 3.8) is 0 Å². The van der Waals surface area contributed by atoms with Gasteiger partial charge in [-0.3, -0.25) is 0 Å². The van der Waals surface area contributed by atoms with Crippen LogP contribution in [0.4, 0.5) is 0 Å². The minimum absolute atomic E-state index is 0.144. The van der Waals surface area contributed by atoms with E-state index < -0.39 is 0 Å². The fourth-order valence-corrected chi connectivity index (χ4v) is 1.80.